The number of carbonyl (C=O) groups excluding carboxylic acids is 2. The van der Waals surface area contributed by atoms with Gasteiger partial charge < -0.3 is 14.8 Å². The Morgan fingerprint density at radius 2 is 2.18 bits per heavy atom. The Bertz CT molecular complexity index is 838. The van der Waals surface area contributed by atoms with Crippen molar-refractivity contribution in [3.63, 3.8) is 0 Å². The lowest BCUT2D eigenvalue weighted by Gasteiger charge is -2.32. The third-order valence-electron chi connectivity index (χ3n) is 5.45. The molecular weight excluding hydrogens is 354 g/mol. The van der Waals surface area contributed by atoms with Crippen LogP contribution in [0.4, 0.5) is 0 Å². The molecule has 7 nitrogen and oxygen atoms in total. The lowest BCUT2D eigenvalue weighted by atomic mass is 9.92. The van der Waals surface area contributed by atoms with E-state index in [0.717, 1.165) is 49.4 Å². The number of aryl methyl sites for hydroxylation is 2. The molecule has 1 unspecified atom stereocenters. The second-order valence-electron chi connectivity index (χ2n) is 7.77. The maximum absolute atomic E-state index is 13.2. The number of amides is 2. The van der Waals surface area contributed by atoms with Crippen molar-refractivity contribution in [2.45, 2.75) is 59.0 Å². The van der Waals surface area contributed by atoms with Crippen LogP contribution in [-0.2, 0) is 17.9 Å². The Labute approximate surface area is 166 Å². The molecule has 2 aromatic heterocycles. The number of rotatable bonds is 6. The van der Waals surface area contributed by atoms with Gasteiger partial charge in [-0.15, -0.1) is 0 Å². The van der Waals surface area contributed by atoms with Gasteiger partial charge >= 0.3 is 0 Å². The van der Waals surface area contributed by atoms with E-state index in [4.69, 9.17) is 0 Å². The molecule has 0 aliphatic carbocycles. The zero-order chi connectivity index (χ0) is 20.3. The number of carbonyl (C=O) groups is 2. The number of piperidine rings is 1. The van der Waals surface area contributed by atoms with Crippen molar-refractivity contribution in [3.05, 3.63) is 41.0 Å². The van der Waals surface area contributed by atoms with Gasteiger partial charge in [0.05, 0.1) is 23.5 Å². The quantitative estimate of drug-likeness (QED) is 0.831. The fourth-order valence-corrected chi connectivity index (χ4v) is 4.06. The molecule has 1 saturated heterocycles. The van der Waals surface area contributed by atoms with E-state index >= 15 is 0 Å². The van der Waals surface area contributed by atoms with Crippen LogP contribution >= 0.6 is 0 Å². The molecule has 3 heterocycles. The van der Waals surface area contributed by atoms with Crippen LogP contribution in [0.3, 0.4) is 0 Å². The van der Waals surface area contributed by atoms with E-state index in [-0.39, 0.29) is 17.7 Å². The van der Waals surface area contributed by atoms with Gasteiger partial charge in [0.2, 0.25) is 5.91 Å². The second-order valence-corrected chi connectivity index (χ2v) is 7.77. The monoisotopic (exact) mass is 385 g/mol. The van der Waals surface area contributed by atoms with Crippen molar-refractivity contribution in [2.75, 3.05) is 20.1 Å². The lowest BCUT2D eigenvalue weighted by Crippen LogP contribution is -2.38. The van der Waals surface area contributed by atoms with Crippen LogP contribution < -0.4 is 0 Å². The fraction of sp³-hybridized carbons (Fsp3) is 0.571. The van der Waals surface area contributed by atoms with Crippen molar-refractivity contribution in [1.82, 2.24) is 24.6 Å². The van der Waals surface area contributed by atoms with E-state index < -0.39 is 0 Å². The van der Waals surface area contributed by atoms with Gasteiger partial charge in [-0.25, -0.2) is 0 Å². The first-order valence-electron chi connectivity index (χ1n) is 10.1. The summed E-state index contributed by atoms with van der Waals surface area (Å²) in [6, 6.07) is 3.90. The molecule has 2 aromatic rings. The van der Waals surface area contributed by atoms with Gasteiger partial charge in [-0.2, -0.15) is 5.10 Å². The third kappa shape index (κ3) is 4.29. The Morgan fingerprint density at radius 3 is 2.89 bits per heavy atom. The summed E-state index contributed by atoms with van der Waals surface area (Å²) >= 11 is 0. The molecule has 2 amide bonds. The van der Waals surface area contributed by atoms with E-state index in [1.807, 2.05) is 41.9 Å². The van der Waals surface area contributed by atoms with Crippen LogP contribution in [0.5, 0.6) is 0 Å². The topological polar surface area (TPSA) is 74.2 Å². The number of hydrogen-bond donors (Lipinski definition) is 1. The highest BCUT2D eigenvalue weighted by molar-refractivity contribution is 5.95. The van der Waals surface area contributed by atoms with Gasteiger partial charge in [0.15, 0.2) is 0 Å². The maximum Gasteiger partial charge on any atom is 0.255 e. The van der Waals surface area contributed by atoms with E-state index in [1.54, 1.807) is 11.8 Å². The Kier molecular flexibility index (Phi) is 6.21. The molecule has 152 valence electrons. The summed E-state index contributed by atoms with van der Waals surface area (Å²) in [7, 11) is 1.83. The van der Waals surface area contributed by atoms with Crippen molar-refractivity contribution in [2.24, 2.45) is 0 Å². The number of hydrogen-bond acceptors (Lipinski definition) is 3. The Morgan fingerprint density at radius 1 is 1.39 bits per heavy atom. The number of aromatic nitrogens is 3. The minimum atomic E-state index is -0.00176. The first kappa shape index (κ1) is 20.2. The molecule has 0 aromatic carbocycles. The Balaban J connectivity index is 1.75. The van der Waals surface area contributed by atoms with E-state index in [1.165, 1.54) is 0 Å². The first-order chi connectivity index (χ1) is 13.4. The van der Waals surface area contributed by atoms with Crippen LogP contribution in [0.2, 0.25) is 0 Å². The van der Waals surface area contributed by atoms with Crippen LogP contribution in [0.1, 0.15) is 66.5 Å². The van der Waals surface area contributed by atoms with Crippen LogP contribution in [0, 0.1) is 6.92 Å². The van der Waals surface area contributed by atoms with Gasteiger partial charge in [-0.3, -0.25) is 14.3 Å². The highest BCUT2D eigenvalue weighted by Crippen LogP contribution is 2.29. The lowest BCUT2D eigenvalue weighted by molar-refractivity contribution is -0.130. The average Bonchev–Trinajstić information content (AvgIpc) is 3.28. The molecule has 1 aliphatic heterocycles. The zero-order valence-electron chi connectivity index (χ0n) is 17.4. The molecule has 3 rings (SSSR count). The van der Waals surface area contributed by atoms with Crippen LogP contribution in [-0.4, -0.2) is 56.5 Å². The van der Waals surface area contributed by atoms with Crippen molar-refractivity contribution < 1.29 is 9.59 Å². The second kappa shape index (κ2) is 8.63. The predicted octanol–water partition coefficient (Wildman–Crippen LogP) is 2.93. The highest BCUT2D eigenvalue weighted by Gasteiger charge is 2.28. The van der Waals surface area contributed by atoms with Crippen molar-refractivity contribution in [1.29, 1.82) is 0 Å². The molecule has 1 fully saturated rings. The molecular formula is C21H31N5O2. The molecule has 0 saturated carbocycles. The number of nitrogens with zero attached hydrogens (tertiary/aromatic N) is 4. The summed E-state index contributed by atoms with van der Waals surface area (Å²) in [6.45, 7) is 8.55. The smallest absolute Gasteiger partial charge is 0.255 e. The van der Waals surface area contributed by atoms with E-state index in [9.17, 15) is 9.59 Å². The summed E-state index contributed by atoms with van der Waals surface area (Å²) in [5.74, 6) is 0.270. The van der Waals surface area contributed by atoms with Gasteiger partial charge in [0, 0.05) is 51.4 Å². The molecule has 0 radical (unpaired) electrons. The predicted molar refractivity (Wildman–Crippen MR) is 108 cm³/mol. The largest absolute Gasteiger partial charge is 0.364 e. The van der Waals surface area contributed by atoms with E-state index in [0.29, 0.717) is 18.7 Å². The fourth-order valence-electron chi connectivity index (χ4n) is 4.06. The molecule has 0 spiro atoms. The third-order valence-corrected chi connectivity index (χ3v) is 5.45. The van der Waals surface area contributed by atoms with Crippen LogP contribution in [0.15, 0.2) is 18.3 Å². The zero-order valence-corrected chi connectivity index (χ0v) is 17.4. The minimum absolute atomic E-state index is 0.00176. The maximum atomic E-state index is 13.2. The normalized spacial score (nSPS) is 17.0. The number of H-pyrrole nitrogens is 1. The van der Waals surface area contributed by atoms with Crippen molar-refractivity contribution in [3.8, 4) is 0 Å². The Hall–Kier alpha value is -2.57. The van der Waals surface area contributed by atoms with Gasteiger partial charge in [-0.05, 0) is 38.3 Å². The number of nitrogens with one attached hydrogen (secondary N) is 1. The molecule has 1 aliphatic rings. The van der Waals surface area contributed by atoms with Gasteiger partial charge in [0.1, 0.15) is 0 Å². The summed E-state index contributed by atoms with van der Waals surface area (Å²) in [4.78, 5) is 31.8. The molecule has 0 bridgehead atoms. The summed E-state index contributed by atoms with van der Waals surface area (Å²) in [5, 5.41) is 4.53. The van der Waals surface area contributed by atoms with E-state index in [2.05, 4.69) is 17.0 Å². The first-order valence-corrected chi connectivity index (χ1v) is 10.1. The molecule has 1 N–H and O–H groups in total. The standard InChI is InChI=1S/C21H31N5O2/c1-5-10-26-18(12-15(2)23-26)14-24(4)21(28)19-8-9-22-20(19)17-7-6-11-25(13-17)16(3)27/h8-9,12,17,22H,5-7,10-11,13-14H2,1-4H3. The number of likely N-dealkylation sites (tertiary alicyclic amines) is 1. The van der Waals surface area contributed by atoms with Crippen molar-refractivity contribution >= 4 is 11.8 Å². The molecule has 7 heteroatoms. The summed E-state index contributed by atoms with van der Waals surface area (Å²) in [6.07, 6.45) is 4.77. The van der Waals surface area contributed by atoms with Gasteiger partial charge in [0.25, 0.3) is 5.91 Å². The molecule has 28 heavy (non-hydrogen) atoms. The summed E-state index contributed by atoms with van der Waals surface area (Å²) < 4.78 is 1.99. The number of aromatic amines is 1. The van der Waals surface area contributed by atoms with Crippen LogP contribution in [0.25, 0.3) is 0 Å². The highest BCUT2D eigenvalue weighted by atomic mass is 16.2. The average molecular weight is 386 g/mol. The van der Waals surface area contributed by atoms with Gasteiger partial charge in [-0.1, -0.05) is 6.92 Å². The SMILES string of the molecule is CCCn1nc(C)cc1CN(C)C(=O)c1cc[nH]c1C1CCCN(C(C)=O)C1. The summed E-state index contributed by atoms with van der Waals surface area (Å²) in [5.41, 5.74) is 3.67. The molecule has 1 atom stereocenters. The minimum Gasteiger partial charge on any atom is -0.364 e.